The van der Waals surface area contributed by atoms with E-state index in [1.807, 2.05) is 42.1 Å². The normalized spacial score (nSPS) is 12.2. The van der Waals surface area contributed by atoms with Gasteiger partial charge in [-0.15, -0.1) is 0 Å². The zero-order valence-electron chi connectivity index (χ0n) is 16.4. The molecule has 0 aliphatic rings. The summed E-state index contributed by atoms with van der Waals surface area (Å²) in [4.78, 5) is 6.60. The van der Waals surface area contributed by atoms with Gasteiger partial charge in [-0.25, -0.2) is 4.98 Å². The zero-order valence-corrected chi connectivity index (χ0v) is 16.4. The molecule has 1 heterocycles. The fourth-order valence-corrected chi connectivity index (χ4v) is 2.94. The molecule has 0 saturated carbocycles. The zero-order chi connectivity index (χ0) is 19.2. The summed E-state index contributed by atoms with van der Waals surface area (Å²) >= 11 is 0. The lowest BCUT2D eigenvalue weighted by Crippen LogP contribution is -2.21. The van der Waals surface area contributed by atoms with Gasteiger partial charge in [-0.1, -0.05) is 24.3 Å². The lowest BCUT2D eigenvalue weighted by atomic mass is 10.1. The molecular weight excluding hydrogens is 338 g/mol. The van der Waals surface area contributed by atoms with Crippen LogP contribution in [-0.2, 0) is 20.2 Å². The maximum Gasteiger partial charge on any atom is 0.146 e. The van der Waals surface area contributed by atoms with Crippen LogP contribution >= 0.6 is 0 Å². The number of aryl methyl sites for hydroxylation is 1. The van der Waals surface area contributed by atoms with E-state index in [2.05, 4.69) is 48.1 Å². The third-order valence-electron chi connectivity index (χ3n) is 4.90. The van der Waals surface area contributed by atoms with Gasteiger partial charge in [0, 0.05) is 32.0 Å². The van der Waals surface area contributed by atoms with Gasteiger partial charge in [-0.05, 0) is 49.4 Å². The molecule has 0 amide bonds. The molecule has 0 N–H and O–H groups in total. The molecular formula is C22H27N3O2. The predicted molar refractivity (Wildman–Crippen MR) is 107 cm³/mol. The first-order valence-corrected chi connectivity index (χ1v) is 9.09. The van der Waals surface area contributed by atoms with Crippen molar-refractivity contribution in [2.75, 3.05) is 14.2 Å². The molecule has 27 heavy (non-hydrogen) atoms. The summed E-state index contributed by atoms with van der Waals surface area (Å²) < 4.78 is 13.0. The topological polar surface area (TPSA) is 39.5 Å². The molecule has 2 aromatic carbocycles. The third-order valence-corrected chi connectivity index (χ3v) is 4.90. The summed E-state index contributed by atoms with van der Waals surface area (Å²) in [6, 6.07) is 16.8. The maximum absolute atomic E-state index is 5.82. The molecule has 3 rings (SSSR count). The van der Waals surface area contributed by atoms with Gasteiger partial charge in [0.2, 0.25) is 0 Å². The van der Waals surface area contributed by atoms with Crippen LogP contribution in [0.3, 0.4) is 0 Å². The number of ether oxygens (including phenoxy) is 2. The summed E-state index contributed by atoms with van der Waals surface area (Å²) in [6.45, 7) is 3.55. The largest absolute Gasteiger partial charge is 0.497 e. The van der Waals surface area contributed by atoms with Crippen LogP contribution < -0.4 is 9.47 Å². The molecule has 142 valence electrons. The van der Waals surface area contributed by atoms with Crippen molar-refractivity contribution in [3.8, 4) is 11.5 Å². The molecule has 0 radical (unpaired) electrons. The molecule has 0 fully saturated rings. The number of hydrogen-bond donors (Lipinski definition) is 0. The summed E-state index contributed by atoms with van der Waals surface area (Å²) in [6.07, 6.45) is 3.70. The molecule has 0 aliphatic heterocycles. The van der Waals surface area contributed by atoms with Crippen LogP contribution in [0.1, 0.15) is 29.9 Å². The van der Waals surface area contributed by atoms with E-state index in [9.17, 15) is 0 Å². The van der Waals surface area contributed by atoms with E-state index in [1.54, 1.807) is 13.3 Å². The van der Waals surface area contributed by atoms with Crippen molar-refractivity contribution < 1.29 is 9.47 Å². The van der Waals surface area contributed by atoms with Crippen LogP contribution in [0.25, 0.3) is 0 Å². The predicted octanol–water partition coefficient (Wildman–Crippen LogP) is 4.20. The minimum atomic E-state index is 0.315. The Hall–Kier alpha value is -2.79. The molecule has 0 spiro atoms. The summed E-state index contributed by atoms with van der Waals surface area (Å²) in [5.74, 6) is 2.65. The fraction of sp³-hybridized carbons (Fsp3) is 0.318. The van der Waals surface area contributed by atoms with Crippen molar-refractivity contribution in [1.29, 1.82) is 0 Å². The number of aromatic nitrogens is 2. The number of imidazole rings is 1. The highest BCUT2D eigenvalue weighted by atomic mass is 16.5. The standard InChI is InChI=1S/C22H27N3O2/c1-17(19-7-11-20(26-4)12-8-19)25(3)15-18-5-9-21(10-6-18)27-16-22-23-13-14-24(22)2/h5-14,17H,15-16H2,1-4H3. The van der Waals surface area contributed by atoms with Gasteiger partial charge >= 0.3 is 0 Å². The molecule has 5 nitrogen and oxygen atoms in total. The Labute approximate surface area is 161 Å². The first kappa shape index (κ1) is 19.0. The second kappa shape index (κ2) is 8.73. The Bertz CT molecular complexity index is 841. The lowest BCUT2D eigenvalue weighted by Gasteiger charge is -2.25. The molecule has 0 aliphatic carbocycles. The van der Waals surface area contributed by atoms with E-state index in [4.69, 9.17) is 9.47 Å². The Morgan fingerprint density at radius 3 is 2.30 bits per heavy atom. The van der Waals surface area contributed by atoms with Gasteiger partial charge in [0.25, 0.3) is 0 Å². The minimum Gasteiger partial charge on any atom is -0.497 e. The maximum atomic E-state index is 5.82. The van der Waals surface area contributed by atoms with Gasteiger partial charge in [0.15, 0.2) is 0 Å². The monoisotopic (exact) mass is 365 g/mol. The molecule has 3 aromatic rings. The first-order valence-electron chi connectivity index (χ1n) is 9.09. The molecule has 1 aromatic heterocycles. The highest BCUT2D eigenvalue weighted by Crippen LogP contribution is 2.23. The van der Waals surface area contributed by atoms with Crippen LogP contribution in [0.5, 0.6) is 11.5 Å². The van der Waals surface area contributed by atoms with Crippen molar-refractivity contribution in [2.24, 2.45) is 7.05 Å². The van der Waals surface area contributed by atoms with E-state index in [0.29, 0.717) is 12.6 Å². The lowest BCUT2D eigenvalue weighted by molar-refractivity contribution is 0.252. The Morgan fingerprint density at radius 2 is 1.70 bits per heavy atom. The van der Waals surface area contributed by atoms with E-state index in [-0.39, 0.29) is 0 Å². The van der Waals surface area contributed by atoms with E-state index in [0.717, 1.165) is 23.9 Å². The van der Waals surface area contributed by atoms with Crippen LogP contribution in [0.4, 0.5) is 0 Å². The average Bonchev–Trinajstić information content (AvgIpc) is 3.11. The number of benzene rings is 2. The molecule has 1 unspecified atom stereocenters. The Kier molecular flexibility index (Phi) is 6.14. The minimum absolute atomic E-state index is 0.315. The van der Waals surface area contributed by atoms with E-state index < -0.39 is 0 Å². The number of nitrogens with zero attached hydrogens (tertiary/aromatic N) is 3. The quantitative estimate of drug-likeness (QED) is 0.600. The summed E-state index contributed by atoms with van der Waals surface area (Å²) in [5.41, 5.74) is 2.52. The van der Waals surface area contributed by atoms with E-state index >= 15 is 0 Å². The molecule has 5 heteroatoms. The second-order valence-electron chi connectivity index (χ2n) is 6.75. The van der Waals surface area contributed by atoms with Gasteiger partial charge in [0.05, 0.1) is 7.11 Å². The number of methoxy groups -OCH3 is 1. The van der Waals surface area contributed by atoms with Crippen molar-refractivity contribution >= 4 is 0 Å². The van der Waals surface area contributed by atoms with Gasteiger partial charge in [0.1, 0.15) is 23.9 Å². The first-order chi connectivity index (χ1) is 13.1. The smallest absolute Gasteiger partial charge is 0.146 e. The second-order valence-corrected chi connectivity index (χ2v) is 6.75. The van der Waals surface area contributed by atoms with Crippen molar-refractivity contribution in [3.63, 3.8) is 0 Å². The Morgan fingerprint density at radius 1 is 1.04 bits per heavy atom. The Balaban J connectivity index is 1.55. The van der Waals surface area contributed by atoms with Gasteiger partial charge < -0.3 is 14.0 Å². The van der Waals surface area contributed by atoms with E-state index in [1.165, 1.54) is 11.1 Å². The molecule has 1 atom stereocenters. The molecule has 0 saturated heterocycles. The number of hydrogen-bond acceptors (Lipinski definition) is 4. The third kappa shape index (κ3) is 4.89. The van der Waals surface area contributed by atoms with Crippen LogP contribution in [-0.4, -0.2) is 28.6 Å². The summed E-state index contributed by atoms with van der Waals surface area (Å²) in [5, 5.41) is 0. The van der Waals surface area contributed by atoms with Crippen LogP contribution in [0.2, 0.25) is 0 Å². The molecule has 0 bridgehead atoms. The number of rotatable bonds is 8. The highest BCUT2D eigenvalue weighted by molar-refractivity contribution is 5.30. The fourth-order valence-electron chi connectivity index (χ4n) is 2.94. The van der Waals surface area contributed by atoms with Gasteiger partial charge in [-0.3, -0.25) is 4.90 Å². The summed E-state index contributed by atoms with van der Waals surface area (Å²) in [7, 11) is 5.79. The highest BCUT2D eigenvalue weighted by Gasteiger charge is 2.12. The SMILES string of the molecule is COc1ccc(C(C)N(C)Cc2ccc(OCc3nccn3C)cc2)cc1. The van der Waals surface area contributed by atoms with Crippen molar-refractivity contribution in [1.82, 2.24) is 14.5 Å². The van der Waals surface area contributed by atoms with Crippen molar-refractivity contribution in [3.05, 3.63) is 77.9 Å². The van der Waals surface area contributed by atoms with Gasteiger partial charge in [-0.2, -0.15) is 0 Å². The van der Waals surface area contributed by atoms with Crippen molar-refractivity contribution in [2.45, 2.75) is 26.1 Å². The average molecular weight is 365 g/mol. The van der Waals surface area contributed by atoms with Crippen LogP contribution in [0.15, 0.2) is 60.9 Å². The van der Waals surface area contributed by atoms with Crippen LogP contribution in [0, 0.1) is 0 Å².